The van der Waals surface area contributed by atoms with E-state index in [0.717, 1.165) is 6.07 Å². The number of aromatic nitrogens is 1. The van der Waals surface area contributed by atoms with Crippen LogP contribution in [-0.2, 0) is 16.0 Å². The van der Waals surface area contributed by atoms with E-state index in [4.69, 9.17) is 5.73 Å². The van der Waals surface area contributed by atoms with E-state index in [2.05, 4.69) is 4.98 Å². The van der Waals surface area contributed by atoms with Gasteiger partial charge in [0.25, 0.3) is 5.91 Å². The second-order valence-electron chi connectivity index (χ2n) is 7.60. The predicted octanol–water partition coefficient (Wildman–Crippen LogP) is 5.48. The summed E-state index contributed by atoms with van der Waals surface area (Å²) in [7, 11) is -3.54. The van der Waals surface area contributed by atoms with Gasteiger partial charge < -0.3 is 5.73 Å². The summed E-state index contributed by atoms with van der Waals surface area (Å²) in [6.45, 7) is 1.54. The van der Waals surface area contributed by atoms with Crippen LogP contribution in [0.2, 0.25) is 0 Å². The molecule has 4 rings (SSSR count). The van der Waals surface area contributed by atoms with Crippen molar-refractivity contribution in [1.82, 2.24) is 4.98 Å². The summed E-state index contributed by atoms with van der Waals surface area (Å²) in [5, 5.41) is 0.128. The zero-order valence-corrected chi connectivity index (χ0v) is 18.7. The van der Waals surface area contributed by atoms with E-state index >= 15 is 0 Å². The molecule has 1 aromatic heterocycles. The number of hydrogen-bond acceptors (Lipinski definition) is 4. The summed E-state index contributed by atoms with van der Waals surface area (Å²) < 4.78 is 66.0. The molecule has 0 fully saturated rings. The first-order valence-corrected chi connectivity index (χ1v) is 11.9. The number of sulfone groups is 1. The molecular formula is C25H19F3N2O3S. The molecule has 2 N–H and O–H groups in total. The van der Waals surface area contributed by atoms with E-state index < -0.39 is 27.5 Å². The molecule has 0 saturated heterocycles. The van der Waals surface area contributed by atoms with Crippen molar-refractivity contribution in [2.24, 2.45) is 5.73 Å². The maximum atomic E-state index is 13.6. The minimum Gasteiger partial charge on any atom is -0.366 e. The van der Waals surface area contributed by atoms with Gasteiger partial charge in [0.15, 0.2) is 9.84 Å². The first-order valence-electron chi connectivity index (χ1n) is 10.3. The number of carbonyl (C=O) groups is 1. The van der Waals surface area contributed by atoms with Crippen molar-refractivity contribution in [3.05, 3.63) is 83.9 Å². The van der Waals surface area contributed by atoms with Gasteiger partial charge in [0.1, 0.15) is 0 Å². The van der Waals surface area contributed by atoms with Crippen molar-refractivity contribution in [3.8, 4) is 22.4 Å². The van der Waals surface area contributed by atoms with E-state index in [1.165, 1.54) is 24.3 Å². The highest BCUT2D eigenvalue weighted by Crippen LogP contribution is 2.37. The lowest BCUT2D eigenvalue weighted by Crippen LogP contribution is -2.14. The Hall–Kier alpha value is -3.72. The molecular weight excluding hydrogens is 465 g/mol. The van der Waals surface area contributed by atoms with Crippen LogP contribution in [0, 0.1) is 0 Å². The molecule has 3 aromatic carbocycles. The van der Waals surface area contributed by atoms with Gasteiger partial charge in [-0.25, -0.2) is 13.4 Å². The van der Waals surface area contributed by atoms with Crippen LogP contribution >= 0.6 is 0 Å². The van der Waals surface area contributed by atoms with Crippen LogP contribution in [0.3, 0.4) is 0 Å². The Morgan fingerprint density at radius 2 is 1.62 bits per heavy atom. The number of pyridine rings is 1. The summed E-state index contributed by atoms with van der Waals surface area (Å²) in [4.78, 5) is 16.5. The second kappa shape index (κ2) is 8.57. The smallest absolute Gasteiger partial charge is 0.366 e. The lowest BCUT2D eigenvalue weighted by atomic mass is 9.97. The molecule has 0 spiro atoms. The SMILES string of the molecule is CCS(=O)(=O)c1ccccc1-c1cccc(-c2nc3c(C(F)(F)F)cccc3cc2C(N)=O)c1. The van der Waals surface area contributed by atoms with Crippen molar-refractivity contribution in [1.29, 1.82) is 0 Å². The second-order valence-corrected chi connectivity index (χ2v) is 9.85. The number of carbonyl (C=O) groups excluding carboxylic acids is 1. The third-order valence-corrected chi connectivity index (χ3v) is 7.25. The Kier molecular flexibility index (Phi) is 5.91. The van der Waals surface area contributed by atoms with Crippen molar-refractivity contribution in [3.63, 3.8) is 0 Å². The maximum Gasteiger partial charge on any atom is 0.418 e. The number of nitrogens with two attached hydrogens (primary N) is 1. The molecule has 0 aliphatic rings. The van der Waals surface area contributed by atoms with Crippen molar-refractivity contribution in [2.45, 2.75) is 18.0 Å². The first-order chi connectivity index (χ1) is 16.0. The van der Waals surface area contributed by atoms with Gasteiger partial charge >= 0.3 is 6.18 Å². The van der Waals surface area contributed by atoms with Crippen LogP contribution in [0.4, 0.5) is 13.2 Å². The Balaban J connectivity index is 1.98. The van der Waals surface area contributed by atoms with E-state index in [0.29, 0.717) is 16.7 Å². The van der Waals surface area contributed by atoms with Crippen molar-refractivity contribution in [2.75, 3.05) is 5.75 Å². The maximum absolute atomic E-state index is 13.6. The van der Waals surface area contributed by atoms with Gasteiger partial charge in [-0.2, -0.15) is 13.2 Å². The average Bonchev–Trinajstić information content (AvgIpc) is 2.82. The highest BCUT2D eigenvalue weighted by Gasteiger charge is 2.33. The molecule has 34 heavy (non-hydrogen) atoms. The van der Waals surface area contributed by atoms with E-state index in [1.54, 1.807) is 49.4 Å². The van der Waals surface area contributed by atoms with Gasteiger partial charge in [-0.05, 0) is 29.8 Å². The number of hydrogen-bond donors (Lipinski definition) is 1. The highest BCUT2D eigenvalue weighted by atomic mass is 32.2. The molecule has 0 aliphatic carbocycles. The molecule has 5 nitrogen and oxygen atoms in total. The minimum atomic E-state index is -4.65. The summed E-state index contributed by atoms with van der Waals surface area (Å²) in [5.74, 6) is -0.941. The fourth-order valence-corrected chi connectivity index (χ4v) is 4.92. The molecule has 174 valence electrons. The molecule has 9 heteroatoms. The zero-order chi connectivity index (χ0) is 24.7. The summed E-state index contributed by atoms with van der Waals surface area (Å²) in [6.07, 6.45) is -4.65. The lowest BCUT2D eigenvalue weighted by Gasteiger charge is -2.14. The first kappa shape index (κ1) is 23.4. The van der Waals surface area contributed by atoms with E-state index in [9.17, 15) is 26.4 Å². The van der Waals surface area contributed by atoms with Crippen LogP contribution in [0.1, 0.15) is 22.8 Å². The third kappa shape index (κ3) is 4.26. The minimum absolute atomic E-state index is 0.0191. The average molecular weight is 484 g/mol. The number of fused-ring (bicyclic) bond motifs is 1. The summed E-state index contributed by atoms with van der Waals surface area (Å²) in [5.41, 5.74) is 5.50. The molecule has 1 amide bonds. The number of primary amides is 1. The predicted molar refractivity (Wildman–Crippen MR) is 124 cm³/mol. The van der Waals surface area contributed by atoms with Crippen LogP contribution in [0.5, 0.6) is 0 Å². The molecule has 0 atom stereocenters. The van der Waals surface area contributed by atoms with Gasteiger partial charge in [-0.1, -0.05) is 55.5 Å². The lowest BCUT2D eigenvalue weighted by molar-refractivity contribution is -0.136. The van der Waals surface area contributed by atoms with Crippen molar-refractivity contribution < 1.29 is 26.4 Å². The Bertz CT molecular complexity index is 1530. The topological polar surface area (TPSA) is 90.1 Å². The van der Waals surface area contributed by atoms with Gasteiger partial charge in [-0.3, -0.25) is 4.79 Å². The highest BCUT2D eigenvalue weighted by molar-refractivity contribution is 7.91. The van der Waals surface area contributed by atoms with E-state index in [1.807, 2.05) is 0 Å². The van der Waals surface area contributed by atoms with Crippen LogP contribution in [0.25, 0.3) is 33.3 Å². The normalized spacial score (nSPS) is 12.1. The Morgan fingerprint density at radius 3 is 2.29 bits per heavy atom. The van der Waals surface area contributed by atoms with Gasteiger partial charge in [0.05, 0.1) is 33.0 Å². The fourth-order valence-electron chi connectivity index (χ4n) is 3.80. The molecule has 0 aliphatic heterocycles. The third-order valence-electron chi connectivity index (χ3n) is 5.47. The number of para-hydroxylation sites is 1. The Morgan fingerprint density at radius 1 is 0.941 bits per heavy atom. The molecule has 0 unspecified atom stereocenters. The largest absolute Gasteiger partial charge is 0.418 e. The molecule has 4 aromatic rings. The molecule has 0 bridgehead atoms. The summed E-state index contributed by atoms with van der Waals surface area (Å²) >= 11 is 0. The number of halogens is 3. The van der Waals surface area contributed by atoms with Crippen molar-refractivity contribution >= 4 is 26.6 Å². The van der Waals surface area contributed by atoms with Crippen LogP contribution in [0.15, 0.2) is 77.7 Å². The zero-order valence-electron chi connectivity index (χ0n) is 17.9. The van der Waals surface area contributed by atoms with Gasteiger partial charge in [0, 0.05) is 16.5 Å². The van der Waals surface area contributed by atoms with Crippen LogP contribution < -0.4 is 5.73 Å². The van der Waals surface area contributed by atoms with Gasteiger partial charge in [-0.15, -0.1) is 0 Å². The number of benzene rings is 3. The van der Waals surface area contributed by atoms with E-state index in [-0.39, 0.29) is 32.8 Å². The molecule has 1 heterocycles. The standard InChI is InChI=1S/C25H19F3N2O3S/c1-2-34(32,33)21-12-4-3-10-18(21)15-7-5-8-16(13-15)22-19(24(29)31)14-17-9-6-11-20(23(17)30-22)25(26,27)28/h3-14H,2H2,1H3,(H2,29,31). The number of rotatable bonds is 5. The number of amides is 1. The quantitative estimate of drug-likeness (QED) is 0.406. The Labute approximate surface area is 194 Å². The molecule has 0 radical (unpaired) electrons. The summed E-state index contributed by atoms with van der Waals surface area (Å²) in [6, 6.07) is 17.8. The fraction of sp³-hybridized carbons (Fsp3) is 0.120. The number of alkyl halides is 3. The van der Waals surface area contributed by atoms with Crippen LogP contribution in [-0.4, -0.2) is 25.1 Å². The number of nitrogens with zero attached hydrogens (tertiary/aromatic N) is 1. The van der Waals surface area contributed by atoms with Gasteiger partial charge in [0.2, 0.25) is 0 Å². The monoisotopic (exact) mass is 484 g/mol. The molecule has 0 saturated carbocycles.